The van der Waals surface area contributed by atoms with Gasteiger partial charge in [0, 0.05) is 5.54 Å². The van der Waals surface area contributed by atoms with E-state index in [1.807, 2.05) is 45.0 Å². The van der Waals surface area contributed by atoms with Crippen LogP contribution < -0.4 is 0 Å². The van der Waals surface area contributed by atoms with E-state index in [0.717, 1.165) is 24.0 Å². The summed E-state index contributed by atoms with van der Waals surface area (Å²) in [6.45, 7) is 7.53. The minimum Gasteiger partial charge on any atom is -0.295 e. The van der Waals surface area contributed by atoms with E-state index in [2.05, 4.69) is 0 Å². The molecule has 0 aliphatic carbocycles. The number of hydrogen-bond donors (Lipinski definition) is 0. The van der Waals surface area contributed by atoms with Crippen LogP contribution in [-0.2, 0) is 15.5 Å². The molecule has 0 bridgehead atoms. The maximum atomic E-state index is 12.5. The van der Waals surface area contributed by atoms with Crippen molar-refractivity contribution in [1.29, 1.82) is 0 Å². The first-order valence-electron chi connectivity index (χ1n) is 7.02. The van der Waals surface area contributed by atoms with Crippen molar-refractivity contribution in [2.45, 2.75) is 51.6 Å². The third-order valence-corrected chi connectivity index (χ3v) is 4.26. The zero-order chi connectivity index (χ0) is 15.0. The van der Waals surface area contributed by atoms with Crippen LogP contribution in [-0.4, -0.2) is 16.4 Å². The largest absolute Gasteiger partial charge is 0.295 e. The Balaban J connectivity index is 2.24. The van der Waals surface area contributed by atoms with Crippen LogP contribution in [0.2, 0.25) is 0 Å². The van der Waals surface area contributed by atoms with E-state index in [-0.39, 0.29) is 11.3 Å². The number of hydrogen-bond acceptors (Lipinski definition) is 2. The molecule has 1 heterocycles. The number of carbonyl (C=O) groups excluding carboxylic acids is 1. The standard InChI is InChI=1S/C17H22NO2/c1-13(19)5-6-14-7-9-15(10-8-14)17(4)12-11-16(2,3)18(17)20/h5-10H,11-12H2,1-4H3/b6-5+. The second-order valence-corrected chi connectivity index (χ2v) is 6.45. The van der Waals surface area contributed by atoms with Crippen LogP contribution in [0.1, 0.15) is 51.7 Å². The van der Waals surface area contributed by atoms with Crippen LogP contribution in [0, 0.1) is 0 Å². The van der Waals surface area contributed by atoms with Crippen LogP contribution in [0.25, 0.3) is 6.08 Å². The van der Waals surface area contributed by atoms with Gasteiger partial charge in [-0.15, -0.1) is 10.3 Å². The Labute approximate surface area is 120 Å². The minimum absolute atomic E-state index is 0.0318. The Morgan fingerprint density at radius 3 is 2.20 bits per heavy atom. The quantitative estimate of drug-likeness (QED) is 0.787. The number of rotatable bonds is 3. The second kappa shape index (κ2) is 5.15. The average Bonchev–Trinajstić information content (AvgIpc) is 2.62. The fourth-order valence-electron chi connectivity index (χ4n) is 2.85. The van der Waals surface area contributed by atoms with Crippen molar-refractivity contribution in [1.82, 2.24) is 5.06 Å². The molecule has 0 amide bonds. The van der Waals surface area contributed by atoms with Gasteiger partial charge in [0.25, 0.3) is 0 Å². The fourth-order valence-corrected chi connectivity index (χ4v) is 2.85. The number of ketones is 1. The normalized spacial score (nSPS) is 26.2. The molecule has 1 aromatic rings. The summed E-state index contributed by atoms with van der Waals surface area (Å²) < 4.78 is 0. The van der Waals surface area contributed by atoms with Crippen LogP contribution >= 0.6 is 0 Å². The molecule has 0 aromatic heterocycles. The molecule has 1 radical (unpaired) electrons. The van der Waals surface area contributed by atoms with Crippen molar-refractivity contribution in [3.05, 3.63) is 41.5 Å². The number of hydroxylamine groups is 2. The predicted octanol–water partition coefficient (Wildman–Crippen LogP) is 3.72. The summed E-state index contributed by atoms with van der Waals surface area (Å²) in [6.07, 6.45) is 5.11. The SMILES string of the molecule is CC(=O)/C=C/c1ccc(C2(C)CCC(C)(C)N2[O])cc1. The number of carbonyl (C=O) groups is 1. The van der Waals surface area contributed by atoms with Crippen molar-refractivity contribution in [3.63, 3.8) is 0 Å². The molecule has 1 fully saturated rings. The predicted molar refractivity (Wildman–Crippen MR) is 79.3 cm³/mol. The summed E-state index contributed by atoms with van der Waals surface area (Å²) in [5.41, 5.74) is 1.26. The van der Waals surface area contributed by atoms with Gasteiger partial charge >= 0.3 is 0 Å². The summed E-state index contributed by atoms with van der Waals surface area (Å²) in [6, 6.07) is 7.90. The highest BCUT2D eigenvalue weighted by atomic mass is 16.5. The van der Waals surface area contributed by atoms with E-state index in [9.17, 15) is 10.0 Å². The topological polar surface area (TPSA) is 40.2 Å². The number of nitrogens with zero attached hydrogens (tertiary/aromatic N) is 1. The molecule has 0 saturated carbocycles. The van der Waals surface area contributed by atoms with E-state index in [4.69, 9.17) is 0 Å². The van der Waals surface area contributed by atoms with Gasteiger partial charge in [-0.3, -0.25) is 4.79 Å². The lowest BCUT2D eigenvalue weighted by atomic mass is 9.89. The van der Waals surface area contributed by atoms with E-state index in [1.54, 1.807) is 12.2 Å². The van der Waals surface area contributed by atoms with Crippen molar-refractivity contribution in [3.8, 4) is 0 Å². The van der Waals surface area contributed by atoms with Crippen LogP contribution in [0.4, 0.5) is 0 Å². The zero-order valence-electron chi connectivity index (χ0n) is 12.6. The molecule has 3 heteroatoms. The fraction of sp³-hybridized carbons (Fsp3) is 0.471. The molecule has 20 heavy (non-hydrogen) atoms. The smallest absolute Gasteiger partial charge is 0.152 e. The summed E-state index contributed by atoms with van der Waals surface area (Å²) in [4.78, 5) is 10.9. The van der Waals surface area contributed by atoms with Crippen LogP contribution in [0.3, 0.4) is 0 Å². The molecule has 0 spiro atoms. The molecular formula is C17H22NO2. The first kappa shape index (κ1) is 14.9. The Morgan fingerprint density at radius 1 is 1.15 bits per heavy atom. The van der Waals surface area contributed by atoms with Gasteiger partial charge in [0.05, 0.1) is 5.54 Å². The lowest BCUT2D eigenvalue weighted by Gasteiger charge is -2.35. The third-order valence-electron chi connectivity index (χ3n) is 4.26. The number of allylic oxidation sites excluding steroid dienone is 1. The zero-order valence-corrected chi connectivity index (χ0v) is 12.6. The Morgan fingerprint density at radius 2 is 1.75 bits per heavy atom. The van der Waals surface area contributed by atoms with E-state index in [0.29, 0.717) is 0 Å². The number of benzene rings is 1. The lowest BCUT2D eigenvalue weighted by molar-refractivity contribution is -0.252. The maximum absolute atomic E-state index is 12.5. The van der Waals surface area contributed by atoms with Crippen molar-refractivity contribution in [2.24, 2.45) is 0 Å². The maximum Gasteiger partial charge on any atom is 0.152 e. The van der Waals surface area contributed by atoms with E-state index >= 15 is 0 Å². The monoisotopic (exact) mass is 272 g/mol. The van der Waals surface area contributed by atoms with E-state index < -0.39 is 5.54 Å². The lowest BCUT2D eigenvalue weighted by Crippen LogP contribution is -2.44. The first-order chi connectivity index (χ1) is 9.25. The van der Waals surface area contributed by atoms with Crippen molar-refractivity contribution >= 4 is 11.9 Å². The van der Waals surface area contributed by atoms with Gasteiger partial charge in [0.2, 0.25) is 0 Å². The molecule has 1 unspecified atom stereocenters. The highest BCUT2D eigenvalue weighted by Gasteiger charge is 2.49. The Kier molecular flexibility index (Phi) is 3.85. The molecule has 1 aromatic carbocycles. The molecule has 2 rings (SSSR count). The highest BCUT2D eigenvalue weighted by molar-refractivity contribution is 5.91. The average molecular weight is 272 g/mol. The van der Waals surface area contributed by atoms with Gasteiger partial charge in [0.1, 0.15) is 0 Å². The minimum atomic E-state index is -0.452. The highest BCUT2D eigenvalue weighted by Crippen LogP contribution is 2.45. The van der Waals surface area contributed by atoms with E-state index in [1.165, 1.54) is 12.0 Å². The van der Waals surface area contributed by atoms with Crippen LogP contribution in [0.5, 0.6) is 0 Å². The van der Waals surface area contributed by atoms with Gasteiger partial charge in [-0.05, 0) is 57.7 Å². The van der Waals surface area contributed by atoms with Crippen molar-refractivity contribution in [2.75, 3.05) is 0 Å². The van der Waals surface area contributed by atoms with Gasteiger partial charge in [0.15, 0.2) is 5.78 Å². The molecule has 1 saturated heterocycles. The third kappa shape index (κ3) is 2.69. The van der Waals surface area contributed by atoms with Crippen molar-refractivity contribution < 1.29 is 10.0 Å². The van der Waals surface area contributed by atoms with Crippen LogP contribution in [0.15, 0.2) is 30.3 Å². The molecule has 0 N–H and O–H groups in total. The Hall–Kier alpha value is -1.45. The van der Waals surface area contributed by atoms with Gasteiger partial charge < -0.3 is 0 Å². The molecule has 3 nitrogen and oxygen atoms in total. The summed E-state index contributed by atoms with van der Waals surface area (Å²) in [5.74, 6) is 0.0318. The Bertz CT molecular complexity index is 530. The van der Waals surface area contributed by atoms with Gasteiger partial charge in [-0.2, -0.15) is 0 Å². The molecule has 1 aliphatic rings. The van der Waals surface area contributed by atoms with Gasteiger partial charge in [-0.25, -0.2) is 0 Å². The van der Waals surface area contributed by atoms with Gasteiger partial charge in [-0.1, -0.05) is 30.3 Å². The first-order valence-corrected chi connectivity index (χ1v) is 7.02. The molecule has 107 valence electrons. The summed E-state index contributed by atoms with van der Waals surface area (Å²) >= 11 is 0. The second-order valence-electron chi connectivity index (χ2n) is 6.45. The molecule has 1 atom stereocenters. The summed E-state index contributed by atoms with van der Waals surface area (Å²) in [5, 5.41) is 13.7. The molecular weight excluding hydrogens is 250 g/mol. The molecule has 1 aliphatic heterocycles. The summed E-state index contributed by atoms with van der Waals surface area (Å²) in [7, 11) is 0.